The van der Waals surface area contributed by atoms with E-state index in [1.54, 1.807) is 12.1 Å². The summed E-state index contributed by atoms with van der Waals surface area (Å²) in [6.45, 7) is 3.25. The van der Waals surface area contributed by atoms with Crippen LogP contribution in [-0.4, -0.2) is 11.9 Å². The van der Waals surface area contributed by atoms with Crippen LogP contribution in [0.5, 0.6) is 5.75 Å². The molecule has 0 spiro atoms. The Morgan fingerprint density at radius 2 is 2.06 bits per heavy atom. The molecule has 0 aliphatic heterocycles. The quantitative estimate of drug-likeness (QED) is 0.616. The Hall–Kier alpha value is -1.84. The van der Waals surface area contributed by atoms with Crippen LogP contribution >= 0.6 is 0 Å². The van der Waals surface area contributed by atoms with Gasteiger partial charge in [0.1, 0.15) is 5.75 Å². The highest BCUT2D eigenvalue weighted by Crippen LogP contribution is 2.23. The molecule has 1 amide bonds. The highest BCUT2D eigenvalue weighted by Gasteiger charge is 2.09. The van der Waals surface area contributed by atoms with Crippen molar-refractivity contribution in [1.82, 2.24) is 0 Å². The van der Waals surface area contributed by atoms with Crippen LogP contribution in [0.15, 0.2) is 18.2 Å². The molecule has 16 heavy (non-hydrogen) atoms. The number of hydrogen-bond acceptors (Lipinski definition) is 3. The molecule has 4 nitrogen and oxygen atoms in total. The van der Waals surface area contributed by atoms with Crippen molar-refractivity contribution in [1.29, 1.82) is 0 Å². The van der Waals surface area contributed by atoms with Gasteiger partial charge in [-0.2, -0.15) is 0 Å². The zero-order valence-electron chi connectivity index (χ0n) is 9.45. The maximum absolute atomic E-state index is 10.9. The smallest absolute Gasteiger partial charge is 0.308 e. The third kappa shape index (κ3) is 3.38. The lowest BCUT2D eigenvalue weighted by molar-refractivity contribution is -0.131. The first kappa shape index (κ1) is 12.2. The van der Waals surface area contributed by atoms with Gasteiger partial charge in [0.2, 0.25) is 5.91 Å². The fourth-order valence-corrected chi connectivity index (χ4v) is 1.49. The van der Waals surface area contributed by atoms with E-state index in [1.165, 1.54) is 6.92 Å². The molecule has 4 heteroatoms. The van der Waals surface area contributed by atoms with Crippen molar-refractivity contribution in [3.8, 4) is 5.75 Å². The number of aryl methyl sites for hydroxylation is 1. The molecule has 1 rings (SSSR count). The van der Waals surface area contributed by atoms with Crippen LogP contribution < -0.4 is 10.5 Å². The molecule has 0 aliphatic rings. The van der Waals surface area contributed by atoms with Crippen LogP contribution in [-0.2, 0) is 16.0 Å². The van der Waals surface area contributed by atoms with Crippen molar-refractivity contribution in [2.24, 2.45) is 5.73 Å². The van der Waals surface area contributed by atoms with Crippen LogP contribution in [0.25, 0.3) is 0 Å². The molecule has 0 unspecified atom stereocenters. The summed E-state index contributed by atoms with van der Waals surface area (Å²) in [6, 6.07) is 5.43. The predicted octanol–water partition coefficient (Wildman–Crippen LogP) is 1.34. The van der Waals surface area contributed by atoms with Crippen LogP contribution in [0.1, 0.15) is 24.5 Å². The summed E-state index contributed by atoms with van der Waals surface area (Å²) in [5, 5.41) is 0. The average Bonchev–Trinajstić information content (AvgIpc) is 2.15. The Morgan fingerprint density at radius 1 is 1.38 bits per heavy atom. The summed E-state index contributed by atoms with van der Waals surface area (Å²) < 4.78 is 5.07. The topological polar surface area (TPSA) is 69.4 Å². The monoisotopic (exact) mass is 221 g/mol. The molecule has 0 aliphatic carbocycles. The van der Waals surface area contributed by atoms with Gasteiger partial charge in [-0.25, -0.2) is 0 Å². The number of carbonyl (C=O) groups excluding carboxylic acids is 2. The van der Waals surface area contributed by atoms with Gasteiger partial charge < -0.3 is 10.5 Å². The van der Waals surface area contributed by atoms with Crippen molar-refractivity contribution < 1.29 is 14.3 Å². The SMILES string of the molecule is CC(=O)Oc1cccc(C)c1CCC(N)=O. The van der Waals surface area contributed by atoms with Gasteiger partial charge in [-0.3, -0.25) is 9.59 Å². The van der Waals surface area contributed by atoms with E-state index in [0.717, 1.165) is 11.1 Å². The lowest BCUT2D eigenvalue weighted by Gasteiger charge is -2.10. The number of primary amides is 1. The molecule has 0 atom stereocenters. The zero-order chi connectivity index (χ0) is 12.1. The van der Waals surface area contributed by atoms with Crippen molar-refractivity contribution in [2.45, 2.75) is 26.7 Å². The lowest BCUT2D eigenvalue weighted by Crippen LogP contribution is -2.12. The van der Waals surface area contributed by atoms with Gasteiger partial charge >= 0.3 is 5.97 Å². The van der Waals surface area contributed by atoms with Gasteiger partial charge in [0.15, 0.2) is 0 Å². The summed E-state index contributed by atoms with van der Waals surface area (Å²) >= 11 is 0. The van der Waals surface area contributed by atoms with E-state index in [1.807, 2.05) is 13.0 Å². The van der Waals surface area contributed by atoms with Crippen LogP contribution in [0.3, 0.4) is 0 Å². The Morgan fingerprint density at radius 3 is 2.62 bits per heavy atom. The van der Waals surface area contributed by atoms with Crippen molar-refractivity contribution >= 4 is 11.9 Å². The first-order valence-corrected chi connectivity index (χ1v) is 5.06. The second-order valence-electron chi connectivity index (χ2n) is 3.61. The molecule has 0 saturated carbocycles. The lowest BCUT2D eigenvalue weighted by atomic mass is 10.0. The number of carbonyl (C=O) groups is 2. The molecule has 86 valence electrons. The van der Waals surface area contributed by atoms with Gasteiger partial charge in [-0.15, -0.1) is 0 Å². The maximum atomic E-state index is 10.9. The van der Waals surface area contributed by atoms with Crippen molar-refractivity contribution in [3.63, 3.8) is 0 Å². The summed E-state index contributed by atoms with van der Waals surface area (Å²) in [5.74, 6) is -0.225. The van der Waals surface area contributed by atoms with E-state index in [2.05, 4.69) is 0 Å². The second-order valence-corrected chi connectivity index (χ2v) is 3.61. The fourth-order valence-electron chi connectivity index (χ4n) is 1.49. The number of hydrogen-bond donors (Lipinski definition) is 1. The summed E-state index contributed by atoms with van der Waals surface area (Å²) in [7, 11) is 0. The maximum Gasteiger partial charge on any atom is 0.308 e. The zero-order valence-corrected chi connectivity index (χ0v) is 9.45. The minimum atomic E-state index is -0.370. The standard InChI is InChI=1S/C12H15NO3/c1-8-4-3-5-11(16-9(2)14)10(8)6-7-12(13)15/h3-5H,6-7H2,1-2H3,(H2,13,15). The molecule has 0 heterocycles. The Labute approximate surface area is 94.4 Å². The Kier molecular flexibility index (Phi) is 4.05. The molecule has 0 bridgehead atoms. The van der Waals surface area contributed by atoms with Crippen molar-refractivity contribution in [3.05, 3.63) is 29.3 Å². The van der Waals surface area contributed by atoms with E-state index >= 15 is 0 Å². The first-order valence-electron chi connectivity index (χ1n) is 5.06. The van der Waals surface area contributed by atoms with Crippen molar-refractivity contribution in [2.75, 3.05) is 0 Å². The van der Waals surface area contributed by atoms with Gasteiger partial charge in [-0.1, -0.05) is 12.1 Å². The van der Waals surface area contributed by atoms with E-state index < -0.39 is 0 Å². The molecule has 2 N–H and O–H groups in total. The van der Waals surface area contributed by atoms with Crippen LogP contribution in [0.2, 0.25) is 0 Å². The van der Waals surface area contributed by atoms with E-state index in [-0.39, 0.29) is 18.3 Å². The molecule has 1 aromatic rings. The number of esters is 1. The highest BCUT2D eigenvalue weighted by molar-refractivity contribution is 5.74. The van der Waals surface area contributed by atoms with E-state index in [4.69, 9.17) is 10.5 Å². The number of benzene rings is 1. The van der Waals surface area contributed by atoms with Gasteiger partial charge in [0.25, 0.3) is 0 Å². The van der Waals surface area contributed by atoms with E-state index in [9.17, 15) is 9.59 Å². The molecule has 0 aromatic heterocycles. The van der Waals surface area contributed by atoms with Gasteiger partial charge in [-0.05, 0) is 30.5 Å². The van der Waals surface area contributed by atoms with Crippen LogP contribution in [0.4, 0.5) is 0 Å². The number of rotatable bonds is 4. The number of amides is 1. The molecule has 1 aromatic carbocycles. The minimum absolute atomic E-state index is 0.249. The summed E-state index contributed by atoms with van der Waals surface area (Å²) in [5.41, 5.74) is 6.94. The molecular formula is C12H15NO3. The fraction of sp³-hybridized carbons (Fsp3) is 0.333. The molecular weight excluding hydrogens is 206 g/mol. The predicted molar refractivity (Wildman–Crippen MR) is 60.0 cm³/mol. The molecule has 0 saturated heterocycles. The highest BCUT2D eigenvalue weighted by atomic mass is 16.5. The van der Waals surface area contributed by atoms with Gasteiger partial charge in [0, 0.05) is 13.3 Å². The van der Waals surface area contributed by atoms with Gasteiger partial charge in [0.05, 0.1) is 0 Å². The third-order valence-electron chi connectivity index (χ3n) is 2.24. The number of ether oxygens (including phenoxy) is 1. The van der Waals surface area contributed by atoms with E-state index in [0.29, 0.717) is 12.2 Å². The van der Waals surface area contributed by atoms with Crippen LogP contribution in [0, 0.1) is 6.92 Å². The number of nitrogens with two attached hydrogens (primary N) is 1. The Balaban J connectivity index is 2.93. The molecule has 0 fully saturated rings. The summed E-state index contributed by atoms with van der Waals surface area (Å²) in [4.78, 5) is 21.6. The average molecular weight is 221 g/mol. The first-order chi connectivity index (χ1) is 7.50. The minimum Gasteiger partial charge on any atom is -0.426 e. The Bertz CT molecular complexity index is 413. The molecule has 0 radical (unpaired) electrons. The summed E-state index contributed by atoms with van der Waals surface area (Å²) in [6.07, 6.45) is 0.740. The normalized spacial score (nSPS) is 9.88. The third-order valence-corrected chi connectivity index (χ3v) is 2.24. The largest absolute Gasteiger partial charge is 0.426 e. The second kappa shape index (κ2) is 5.30.